The van der Waals surface area contributed by atoms with Gasteiger partial charge in [-0.3, -0.25) is 0 Å². The van der Waals surface area contributed by atoms with E-state index in [1.165, 1.54) is 10.2 Å². The summed E-state index contributed by atoms with van der Waals surface area (Å²) in [4.78, 5) is 12.9. The SMILES string of the molecule is CC(C)(C)OC(=O)n1nc(-c2ccccc2)c2ccc(NCc3ccccc3)cc21. The second kappa shape index (κ2) is 8.03. The molecule has 0 unspecified atom stereocenters. The largest absolute Gasteiger partial charge is 0.442 e. The molecule has 0 amide bonds. The van der Waals surface area contributed by atoms with Crippen LogP contribution < -0.4 is 5.32 Å². The number of benzene rings is 3. The minimum atomic E-state index is -0.606. The Morgan fingerprint density at radius 1 is 0.967 bits per heavy atom. The van der Waals surface area contributed by atoms with Gasteiger partial charge in [-0.15, -0.1) is 0 Å². The molecule has 0 fully saturated rings. The number of hydrogen-bond donors (Lipinski definition) is 1. The first kappa shape index (κ1) is 19.7. The molecular weight excluding hydrogens is 374 g/mol. The number of carbonyl (C=O) groups is 1. The topological polar surface area (TPSA) is 56.2 Å². The first-order valence-electron chi connectivity index (χ1n) is 10.00. The van der Waals surface area contributed by atoms with Crippen LogP contribution in [0.15, 0.2) is 78.9 Å². The van der Waals surface area contributed by atoms with Gasteiger partial charge < -0.3 is 10.1 Å². The van der Waals surface area contributed by atoms with Gasteiger partial charge in [0.1, 0.15) is 11.3 Å². The predicted octanol–water partition coefficient (Wildman–Crippen LogP) is 6.10. The average molecular weight is 399 g/mol. The van der Waals surface area contributed by atoms with Gasteiger partial charge in [0.15, 0.2) is 0 Å². The lowest BCUT2D eigenvalue weighted by Crippen LogP contribution is -2.27. The summed E-state index contributed by atoms with van der Waals surface area (Å²) in [6, 6.07) is 26.0. The summed E-state index contributed by atoms with van der Waals surface area (Å²) in [7, 11) is 0. The summed E-state index contributed by atoms with van der Waals surface area (Å²) >= 11 is 0. The van der Waals surface area contributed by atoms with Crippen LogP contribution in [0.2, 0.25) is 0 Å². The van der Waals surface area contributed by atoms with Crippen molar-refractivity contribution in [2.24, 2.45) is 0 Å². The van der Waals surface area contributed by atoms with Crippen molar-refractivity contribution in [3.05, 3.63) is 84.4 Å². The molecule has 0 aliphatic carbocycles. The molecule has 30 heavy (non-hydrogen) atoms. The predicted molar refractivity (Wildman–Crippen MR) is 121 cm³/mol. The number of anilines is 1. The highest BCUT2D eigenvalue weighted by Crippen LogP contribution is 2.30. The fourth-order valence-corrected chi connectivity index (χ4v) is 3.28. The van der Waals surface area contributed by atoms with Crippen LogP contribution in [0.4, 0.5) is 10.5 Å². The van der Waals surface area contributed by atoms with E-state index in [2.05, 4.69) is 22.5 Å². The molecule has 5 nitrogen and oxygen atoms in total. The monoisotopic (exact) mass is 399 g/mol. The lowest BCUT2D eigenvalue weighted by molar-refractivity contribution is 0.0523. The van der Waals surface area contributed by atoms with Crippen molar-refractivity contribution in [3.63, 3.8) is 0 Å². The van der Waals surface area contributed by atoms with Crippen molar-refractivity contribution in [2.75, 3.05) is 5.32 Å². The highest BCUT2D eigenvalue weighted by molar-refractivity contribution is 5.99. The van der Waals surface area contributed by atoms with E-state index in [4.69, 9.17) is 4.74 Å². The number of nitrogens with one attached hydrogen (secondary N) is 1. The number of carbonyl (C=O) groups excluding carboxylic acids is 1. The Balaban J connectivity index is 1.74. The van der Waals surface area contributed by atoms with E-state index in [9.17, 15) is 4.79 Å². The number of fused-ring (bicyclic) bond motifs is 1. The van der Waals surface area contributed by atoms with Crippen molar-refractivity contribution >= 4 is 22.7 Å². The van der Waals surface area contributed by atoms with Crippen LogP contribution in [-0.4, -0.2) is 21.5 Å². The maximum absolute atomic E-state index is 12.9. The number of ether oxygens (including phenoxy) is 1. The number of aromatic nitrogens is 2. The first-order chi connectivity index (χ1) is 14.4. The normalized spacial score (nSPS) is 11.4. The Morgan fingerprint density at radius 3 is 2.30 bits per heavy atom. The van der Waals surface area contributed by atoms with E-state index in [1.807, 2.05) is 87.5 Å². The third-order valence-corrected chi connectivity index (χ3v) is 4.63. The van der Waals surface area contributed by atoms with Gasteiger partial charge in [-0.25, -0.2) is 4.79 Å². The van der Waals surface area contributed by atoms with Gasteiger partial charge in [-0.05, 0) is 44.5 Å². The summed E-state index contributed by atoms with van der Waals surface area (Å²) in [5.74, 6) is 0. The van der Waals surface area contributed by atoms with E-state index in [1.54, 1.807) is 0 Å². The molecule has 0 saturated heterocycles. The van der Waals surface area contributed by atoms with Crippen LogP contribution in [0.5, 0.6) is 0 Å². The van der Waals surface area contributed by atoms with E-state index in [0.717, 1.165) is 22.3 Å². The zero-order chi connectivity index (χ0) is 21.1. The van der Waals surface area contributed by atoms with Crippen LogP contribution in [-0.2, 0) is 11.3 Å². The van der Waals surface area contributed by atoms with E-state index < -0.39 is 11.7 Å². The lowest BCUT2D eigenvalue weighted by Gasteiger charge is -2.19. The third kappa shape index (κ3) is 4.35. The molecule has 4 aromatic rings. The van der Waals surface area contributed by atoms with Gasteiger partial charge in [0.25, 0.3) is 0 Å². The second-order valence-electron chi connectivity index (χ2n) is 8.18. The Kier molecular flexibility index (Phi) is 5.27. The molecular formula is C25H25N3O2. The van der Waals surface area contributed by atoms with Gasteiger partial charge in [-0.2, -0.15) is 9.78 Å². The van der Waals surface area contributed by atoms with E-state index in [0.29, 0.717) is 12.1 Å². The molecule has 0 atom stereocenters. The molecule has 152 valence electrons. The standard InChI is InChI=1S/C25H25N3O2/c1-25(2,3)30-24(29)28-22-16-20(26-17-18-10-6-4-7-11-18)14-15-21(22)23(27-28)19-12-8-5-9-13-19/h4-16,26H,17H2,1-3H3. The Hall–Kier alpha value is -3.60. The van der Waals surface area contributed by atoms with Crippen molar-refractivity contribution in [3.8, 4) is 11.3 Å². The Bertz CT molecular complexity index is 1160. The molecule has 0 saturated carbocycles. The Morgan fingerprint density at radius 2 is 1.63 bits per heavy atom. The van der Waals surface area contributed by atoms with Crippen LogP contribution in [0.1, 0.15) is 26.3 Å². The molecule has 5 heteroatoms. The molecule has 0 aliphatic heterocycles. The fraction of sp³-hybridized carbons (Fsp3) is 0.200. The van der Waals surface area contributed by atoms with Crippen molar-refractivity contribution in [1.82, 2.24) is 9.78 Å². The van der Waals surface area contributed by atoms with Crippen LogP contribution in [0.25, 0.3) is 22.2 Å². The maximum Gasteiger partial charge on any atom is 0.435 e. The lowest BCUT2D eigenvalue weighted by atomic mass is 10.1. The molecule has 0 aliphatic rings. The fourth-order valence-electron chi connectivity index (χ4n) is 3.28. The van der Waals surface area contributed by atoms with Crippen LogP contribution >= 0.6 is 0 Å². The molecule has 1 N–H and O–H groups in total. The minimum absolute atomic E-state index is 0.491. The summed E-state index contributed by atoms with van der Waals surface area (Å²) in [5, 5.41) is 8.94. The van der Waals surface area contributed by atoms with Gasteiger partial charge in [0, 0.05) is 23.2 Å². The quantitative estimate of drug-likeness (QED) is 0.450. The number of hydrogen-bond acceptors (Lipinski definition) is 4. The van der Waals surface area contributed by atoms with Crippen molar-refractivity contribution < 1.29 is 9.53 Å². The number of nitrogens with zero attached hydrogens (tertiary/aromatic N) is 2. The van der Waals surface area contributed by atoms with Crippen molar-refractivity contribution in [2.45, 2.75) is 32.9 Å². The Labute approximate surface area is 176 Å². The zero-order valence-corrected chi connectivity index (χ0v) is 17.4. The minimum Gasteiger partial charge on any atom is -0.442 e. The molecule has 1 aromatic heterocycles. The van der Waals surface area contributed by atoms with Gasteiger partial charge in [0.05, 0.1) is 5.52 Å². The molecule has 0 radical (unpaired) electrons. The first-order valence-corrected chi connectivity index (χ1v) is 10.00. The van der Waals surface area contributed by atoms with Gasteiger partial charge in [-0.1, -0.05) is 60.7 Å². The highest BCUT2D eigenvalue weighted by atomic mass is 16.6. The zero-order valence-electron chi connectivity index (χ0n) is 17.4. The molecule has 4 rings (SSSR count). The second-order valence-corrected chi connectivity index (χ2v) is 8.18. The van der Waals surface area contributed by atoms with E-state index >= 15 is 0 Å². The highest BCUT2D eigenvalue weighted by Gasteiger charge is 2.22. The average Bonchev–Trinajstić information content (AvgIpc) is 3.11. The summed E-state index contributed by atoms with van der Waals surface area (Å²) in [5.41, 5.74) is 3.91. The van der Waals surface area contributed by atoms with Crippen molar-refractivity contribution in [1.29, 1.82) is 0 Å². The number of rotatable bonds is 4. The smallest absolute Gasteiger partial charge is 0.435 e. The van der Waals surface area contributed by atoms with Crippen LogP contribution in [0, 0.1) is 0 Å². The summed E-state index contributed by atoms with van der Waals surface area (Å²) in [6.07, 6.45) is -0.491. The maximum atomic E-state index is 12.9. The summed E-state index contributed by atoms with van der Waals surface area (Å²) in [6.45, 7) is 6.24. The molecule has 0 bridgehead atoms. The van der Waals surface area contributed by atoms with Gasteiger partial charge in [0.2, 0.25) is 0 Å². The summed E-state index contributed by atoms with van der Waals surface area (Å²) < 4.78 is 6.95. The van der Waals surface area contributed by atoms with E-state index in [-0.39, 0.29) is 0 Å². The third-order valence-electron chi connectivity index (χ3n) is 4.63. The molecule has 0 spiro atoms. The molecule has 3 aromatic carbocycles. The van der Waals surface area contributed by atoms with Gasteiger partial charge >= 0.3 is 6.09 Å². The molecule has 1 heterocycles. The van der Waals surface area contributed by atoms with Crippen LogP contribution in [0.3, 0.4) is 0 Å².